The van der Waals surface area contributed by atoms with Gasteiger partial charge in [0.15, 0.2) is 5.76 Å². The first-order valence-corrected chi connectivity index (χ1v) is 7.43. The van der Waals surface area contributed by atoms with Crippen LogP contribution in [-0.2, 0) is 0 Å². The molecule has 0 bridgehead atoms. The van der Waals surface area contributed by atoms with Crippen molar-refractivity contribution >= 4 is 17.5 Å². The molecule has 0 aliphatic carbocycles. The summed E-state index contributed by atoms with van der Waals surface area (Å²) in [5.41, 5.74) is 0.798. The number of nitrogens with one attached hydrogen (secondary N) is 1. The van der Waals surface area contributed by atoms with Crippen LogP contribution in [0.4, 0.5) is 4.39 Å². The van der Waals surface area contributed by atoms with Crippen LogP contribution < -0.4 is 5.32 Å². The van der Waals surface area contributed by atoms with Crippen molar-refractivity contribution in [2.24, 2.45) is 0 Å². The third kappa shape index (κ3) is 2.87. The molecular formula is C16H16ClFN2O2. The van der Waals surface area contributed by atoms with E-state index in [0.717, 1.165) is 18.5 Å². The first-order valence-electron chi connectivity index (χ1n) is 7.06. The molecule has 1 saturated heterocycles. The second kappa shape index (κ2) is 6.10. The van der Waals surface area contributed by atoms with E-state index in [1.807, 2.05) is 7.05 Å². The number of halogens is 2. The van der Waals surface area contributed by atoms with E-state index in [9.17, 15) is 9.18 Å². The van der Waals surface area contributed by atoms with Crippen molar-refractivity contribution in [3.8, 4) is 0 Å². The average molecular weight is 323 g/mol. The minimum Gasteiger partial charge on any atom is -0.459 e. The number of amides is 1. The predicted octanol–water partition coefficient (Wildman–Crippen LogP) is 3.25. The number of carbonyl (C=O) groups is 1. The summed E-state index contributed by atoms with van der Waals surface area (Å²) in [5.74, 6) is -0.434. The molecule has 1 fully saturated rings. The van der Waals surface area contributed by atoms with Gasteiger partial charge in [-0.1, -0.05) is 17.7 Å². The molecule has 116 valence electrons. The maximum atomic E-state index is 13.7. The summed E-state index contributed by atoms with van der Waals surface area (Å²) < 4.78 is 18.8. The number of benzene rings is 1. The Bertz CT molecular complexity index is 675. The average Bonchev–Trinajstić information content (AvgIpc) is 3.13. The Morgan fingerprint density at radius 1 is 1.45 bits per heavy atom. The van der Waals surface area contributed by atoms with Crippen LogP contribution in [0.3, 0.4) is 0 Å². The van der Waals surface area contributed by atoms with Crippen molar-refractivity contribution in [1.82, 2.24) is 10.2 Å². The van der Waals surface area contributed by atoms with Crippen LogP contribution in [0.1, 0.15) is 28.6 Å². The number of carbonyl (C=O) groups excluding carboxylic acids is 1. The largest absolute Gasteiger partial charge is 0.459 e. The summed E-state index contributed by atoms with van der Waals surface area (Å²) >= 11 is 5.74. The van der Waals surface area contributed by atoms with E-state index in [1.54, 1.807) is 24.3 Å². The van der Waals surface area contributed by atoms with Gasteiger partial charge in [-0.25, -0.2) is 4.39 Å². The Kier molecular flexibility index (Phi) is 4.18. The number of hydrogen-bond donors (Lipinski definition) is 1. The second-order valence-electron chi connectivity index (χ2n) is 5.44. The molecule has 1 aromatic carbocycles. The number of hydrogen-bond acceptors (Lipinski definition) is 3. The molecule has 1 N–H and O–H groups in total. The molecule has 2 aromatic rings. The number of rotatable bonds is 3. The standard InChI is InChI=1S/C16H16ClFN2O2/c1-20-7-6-13(19-16(21)14-3-2-8-22-14)15(20)10-4-5-11(17)12(18)9-10/h2-5,8-9,13,15H,6-7H2,1H3,(H,19,21). The van der Waals surface area contributed by atoms with Crippen molar-refractivity contribution < 1.29 is 13.6 Å². The van der Waals surface area contributed by atoms with Gasteiger partial charge in [0.25, 0.3) is 5.91 Å². The summed E-state index contributed by atoms with van der Waals surface area (Å²) in [7, 11) is 1.95. The van der Waals surface area contributed by atoms with Crippen molar-refractivity contribution in [2.45, 2.75) is 18.5 Å². The molecule has 6 heteroatoms. The lowest BCUT2D eigenvalue weighted by molar-refractivity contribution is 0.0899. The molecule has 2 unspecified atom stereocenters. The lowest BCUT2D eigenvalue weighted by atomic mass is 10.00. The van der Waals surface area contributed by atoms with Gasteiger partial charge in [0.05, 0.1) is 23.4 Å². The summed E-state index contributed by atoms with van der Waals surface area (Å²) in [6, 6.07) is 7.86. The zero-order valence-electron chi connectivity index (χ0n) is 12.1. The van der Waals surface area contributed by atoms with E-state index >= 15 is 0 Å². The van der Waals surface area contributed by atoms with Gasteiger partial charge in [-0.05, 0) is 43.3 Å². The Morgan fingerprint density at radius 3 is 2.95 bits per heavy atom. The van der Waals surface area contributed by atoms with E-state index < -0.39 is 5.82 Å². The number of furan rings is 1. The van der Waals surface area contributed by atoms with Crippen LogP contribution in [0.5, 0.6) is 0 Å². The SMILES string of the molecule is CN1CCC(NC(=O)c2ccco2)C1c1ccc(Cl)c(F)c1. The fraction of sp³-hybridized carbons (Fsp3) is 0.312. The Balaban J connectivity index is 1.81. The highest BCUT2D eigenvalue weighted by molar-refractivity contribution is 6.30. The molecular weight excluding hydrogens is 307 g/mol. The molecule has 1 amide bonds. The van der Waals surface area contributed by atoms with Crippen molar-refractivity contribution in [3.05, 3.63) is 58.8 Å². The molecule has 0 saturated carbocycles. The highest BCUT2D eigenvalue weighted by Gasteiger charge is 2.34. The van der Waals surface area contributed by atoms with Gasteiger partial charge in [0.1, 0.15) is 5.82 Å². The molecule has 0 spiro atoms. The van der Waals surface area contributed by atoms with E-state index in [-0.39, 0.29) is 28.8 Å². The van der Waals surface area contributed by atoms with Crippen LogP contribution in [0, 0.1) is 5.82 Å². The molecule has 1 aliphatic rings. The zero-order valence-corrected chi connectivity index (χ0v) is 12.8. The zero-order chi connectivity index (χ0) is 15.7. The van der Waals surface area contributed by atoms with Crippen molar-refractivity contribution in [1.29, 1.82) is 0 Å². The number of likely N-dealkylation sites (tertiary alicyclic amines) is 1. The normalized spacial score (nSPS) is 22.0. The van der Waals surface area contributed by atoms with Gasteiger partial charge in [0.2, 0.25) is 0 Å². The molecule has 2 atom stereocenters. The van der Waals surface area contributed by atoms with E-state index in [1.165, 1.54) is 12.3 Å². The first-order chi connectivity index (χ1) is 10.6. The second-order valence-corrected chi connectivity index (χ2v) is 5.85. The predicted molar refractivity (Wildman–Crippen MR) is 81.4 cm³/mol. The summed E-state index contributed by atoms with van der Waals surface area (Å²) in [6.45, 7) is 0.817. The number of nitrogens with zero attached hydrogens (tertiary/aromatic N) is 1. The lowest BCUT2D eigenvalue weighted by Crippen LogP contribution is -2.38. The quantitative estimate of drug-likeness (QED) is 0.943. The van der Waals surface area contributed by atoms with Crippen LogP contribution in [0.15, 0.2) is 41.0 Å². The molecule has 2 heterocycles. The molecule has 1 aliphatic heterocycles. The Hall–Kier alpha value is -1.85. The Labute approximate surface area is 132 Å². The van der Waals surface area contributed by atoms with E-state index in [0.29, 0.717) is 0 Å². The molecule has 0 radical (unpaired) electrons. The highest BCUT2D eigenvalue weighted by Crippen LogP contribution is 2.32. The van der Waals surface area contributed by atoms with Crippen LogP contribution in [0.2, 0.25) is 5.02 Å². The van der Waals surface area contributed by atoms with Crippen LogP contribution in [-0.4, -0.2) is 30.4 Å². The van der Waals surface area contributed by atoms with Gasteiger partial charge >= 0.3 is 0 Å². The summed E-state index contributed by atoms with van der Waals surface area (Å²) in [5, 5.41) is 3.06. The number of likely N-dealkylation sites (N-methyl/N-ethyl adjacent to an activating group) is 1. The maximum Gasteiger partial charge on any atom is 0.287 e. The summed E-state index contributed by atoms with van der Waals surface area (Å²) in [6.07, 6.45) is 2.25. The van der Waals surface area contributed by atoms with Crippen molar-refractivity contribution in [3.63, 3.8) is 0 Å². The summed E-state index contributed by atoms with van der Waals surface area (Å²) in [4.78, 5) is 14.2. The van der Waals surface area contributed by atoms with Crippen molar-refractivity contribution in [2.75, 3.05) is 13.6 Å². The van der Waals surface area contributed by atoms with Gasteiger partial charge < -0.3 is 9.73 Å². The molecule has 22 heavy (non-hydrogen) atoms. The third-order valence-corrected chi connectivity index (χ3v) is 4.30. The fourth-order valence-corrected chi connectivity index (χ4v) is 3.05. The first kappa shape index (κ1) is 15.1. The van der Waals surface area contributed by atoms with Crippen LogP contribution >= 0.6 is 11.6 Å². The molecule has 4 nitrogen and oxygen atoms in total. The molecule has 1 aromatic heterocycles. The maximum absolute atomic E-state index is 13.7. The molecule has 3 rings (SSSR count). The monoisotopic (exact) mass is 322 g/mol. The van der Waals surface area contributed by atoms with Crippen LogP contribution in [0.25, 0.3) is 0 Å². The minimum absolute atomic E-state index is 0.0920. The smallest absolute Gasteiger partial charge is 0.287 e. The van der Waals surface area contributed by atoms with Gasteiger partial charge in [-0.15, -0.1) is 0 Å². The van der Waals surface area contributed by atoms with Gasteiger partial charge in [0, 0.05) is 6.54 Å². The minimum atomic E-state index is -0.449. The van der Waals surface area contributed by atoms with Gasteiger partial charge in [-0.2, -0.15) is 0 Å². The third-order valence-electron chi connectivity index (χ3n) is 4.00. The van der Waals surface area contributed by atoms with E-state index in [4.69, 9.17) is 16.0 Å². The van der Waals surface area contributed by atoms with E-state index in [2.05, 4.69) is 10.2 Å². The topological polar surface area (TPSA) is 45.5 Å². The lowest BCUT2D eigenvalue weighted by Gasteiger charge is -2.26. The Morgan fingerprint density at radius 2 is 2.27 bits per heavy atom. The van der Waals surface area contributed by atoms with Gasteiger partial charge in [-0.3, -0.25) is 9.69 Å². The fourth-order valence-electron chi connectivity index (χ4n) is 2.93. The highest BCUT2D eigenvalue weighted by atomic mass is 35.5.